The molecule has 4 aromatic carbocycles. The van der Waals surface area contributed by atoms with Gasteiger partial charge in [0.05, 0.1) is 0 Å². The first-order chi connectivity index (χ1) is 16.4. The Labute approximate surface area is 227 Å². The first-order valence-electron chi connectivity index (χ1n) is 11.7. The number of hydrogen-bond acceptors (Lipinski definition) is 0. The molecule has 0 nitrogen and oxygen atoms in total. The average Bonchev–Trinajstić information content (AvgIpc) is 3.53. The van der Waals surface area contributed by atoms with Crippen LogP contribution in [0.15, 0.2) is 97.1 Å². The van der Waals surface area contributed by atoms with Crippen molar-refractivity contribution in [1.82, 2.24) is 0 Å². The fourth-order valence-corrected chi connectivity index (χ4v) is 3.26. The molecule has 0 saturated carbocycles. The van der Waals surface area contributed by atoms with Crippen molar-refractivity contribution in [2.45, 2.75) is 52.6 Å². The zero-order valence-corrected chi connectivity index (χ0v) is 25.5. The molecule has 4 rings (SSSR count). The number of halogens is 2. The van der Waals surface area contributed by atoms with Crippen molar-refractivity contribution >= 4 is 28.1 Å². The van der Waals surface area contributed by atoms with Crippen LogP contribution in [0.1, 0.15) is 50.7 Å². The molecule has 0 spiro atoms. The Morgan fingerprint density at radius 1 is 0.647 bits per heavy atom. The predicted molar refractivity (Wildman–Crippen MR) is 154 cm³/mol. The summed E-state index contributed by atoms with van der Waals surface area (Å²) < 4.78 is 0. The first-order valence-corrected chi connectivity index (χ1v) is 18.3. The number of rotatable bonds is 4. The molecular weight excluding hydrogens is 507 g/mol. The summed E-state index contributed by atoms with van der Waals surface area (Å²) in [5.41, 5.74) is 8.11. The molecule has 0 bridgehead atoms. The van der Waals surface area contributed by atoms with E-state index < -0.39 is 17.0 Å². The molecule has 0 aliphatic carbocycles. The minimum absolute atomic E-state index is 0.556. The Morgan fingerprint density at radius 3 is 1.18 bits per heavy atom. The third kappa shape index (κ3) is 11.4. The van der Waals surface area contributed by atoms with Gasteiger partial charge in [0, 0.05) is 9.52 Å². The van der Waals surface area contributed by atoms with Crippen molar-refractivity contribution in [3.63, 3.8) is 0 Å². The summed E-state index contributed by atoms with van der Waals surface area (Å²) in [6.45, 7) is 13.3. The van der Waals surface area contributed by atoms with Gasteiger partial charge in [0.25, 0.3) is 0 Å². The summed E-state index contributed by atoms with van der Waals surface area (Å²) in [5.74, 6) is 1.24. The molecule has 0 atom stereocenters. The molecule has 34 heavy (non-hydrogen) atoms. The molecule has 0 fully saturated rings. The molecule has 0 aliphatic heterocycles. The molecule has 1 radical (unpaired) electrons. The Hall–Kier alpha value is -1.35. The predicted octanol–water partition coefficient (Wildman–Crippen LogP) is 10.3. The van der Waals surface area contributed by atoms with Crippen LogP contribution >= 0.6 is 18.6 Å². The van der Waals surface area contributed by atoms with Crippen molar-refractivity contribution in [3.8, 4) is 22.3 Å². The fraction of sp³-hybridized carbons (Fsp3) is 0.267. The summed E-state index contributed by atoms with van der Waals surface area (Å²) in [6.07, 6.45) is 0. The van der Waals surface area contributed by atoms with Gasteiger partial charge in [-0.1, -0.05) is 113 Å². The van der Waals surface area contributed by atoms with Gasteiger partial charge >= 0.3 is 35.6 Å². The van der Waals surface area contributed by atoms with Crippen molar-refractivity contribution in [2.24, 2.45) is 0 Å². The van der Waals surface area contributed by atoms with E-state index in [2.05, 4.69) is 138 Å². The Kier molecular flexibility index (Phi) is 16.2. The Bertz CT molecular complexity index is 921. The molecule has 4 aromatic rings. The molecule has 0 unspecified atom stereocenters. The van der Waals surface area contributed by atoms with Crippen LogP contribution in [0.25, 0.3) is 22.3 Å². The molecule has 0 N–H and O–H groups in total. The number of hydrogen-bond donors (Lipinski definition) is 0. The van der Waals surface area contributed by atoms with Crippen LogP contribution < -0.4 is 0 Å². The first kappa shape index (κ1) is 30.7. The van der Waals surface area contributed by atoms with Crippen molar-refractivity contribution < 1.29 is 17.0 Å². The van der Waals surface area contributed by atoms with E-state index in [1.54, 1.807) is 0 Å². The van der Waals surface area contributed by atoms with Gasteiger partial charge in [-0.15, -0.1) is 34.4 Å². The molecule has 0 saturated heterocycles. The maximum absolute atomic E-state index is 4.89. The van der Waals surface area contributed by atoms with Crippen molar-refractivity contribution in [1.29, 1.82) is 0 Å². The molecular formula is C30H37Cl2SiTi-2. The molecule has 0 heterocycles. The Morgan fingerprint density at radius 2 is 0.941 bits per heavy atom. The van der Waals surface area contributed by atoms with Gasteiger partial charge in [0.1, 0.15) is 0 Å². The zero-order chi connectivity index (χ0) is 25.3. The summed E-state index contributed by atoms with van der Waals surface area (Å²) in [7, 11) is 10.5. The third-order valence-electron chi connectivity index (χ3n) is 5.10. The Balaban J connectivity index is 0.000000277. The van der Waals surface area contributed by atoms with E-state index in [4.69, 9.17) is 18.6 Å². The molecule has 0 aliphatic rings. The van der Waals surface area contributed by atoms with Gasteiger partial charge in [-0.05, 0) is 0 Å². The van der Waals surface area contributed by atoms with Crippen LogP contribution in [0.4, 0.5) is 0 Å². The second kappa shape index (κ2) is 18.0. The van der Waals surface area contributed by atoms with Gasteiger partial charge in [-0.25, -0.2) is 0 Å². The van der Waals surface area contributed by atoms with Crippen molar-refractivity contribution in [3.05, 3.63) is 108 Å². The van der Waals surface area contributed by atoms with E-state index in [1.165, 1.54) is 33.4 Å². The van der Waals surface area contributed by atoms with E-state index in [0.29, 0.717) is 11.8 Å². The quantitative estimate of drug-likeness (QED) is 0.177. The van der Waals surface area contributed by atoms with Crippen LogP contribution in [0.3, 0.4) is 0 Å². The fourth-order valence-electron chi connectivity index (χ4n) is 3.26. The second-order valence-electron chi connectivity index (χ2n) is 8.56. The standard InChI is InChI=1S/2C14H15.C2H7Si.2ClH.Ti/c2*1-11(2)13-8-9-14(10-13)12-6-4-3-5-7-12;1-3-2;;;/h2*3-11H,1-2H3;3H,1-2H3;2*1H;/q2*-1;;;;+2/p-2. The van der Waals surface area contributed by atoms with E-state index in [9.17, 15) is 0 Å². The van der Waals surface area contributed by atoms with Crippen LogP contribution in [0.2, 0.25) is 13.1 Å². The second-order valence-corrected chi connectivity index (χ2v) is 12.3. The van der Waals surface area contributed by atoms with Gasteiger partial charge in [0.15, 0.2) is 0 Å². The molecule has 0 amide bonds. The van der Waals surface area contributed by atoms with E-state index >= 15 is 0 Å². The number of benzene rings is 2. The summed E-state index contributed by atoms with van der Waals surface area (Å²) in [6, 6.07) is 34.4. The normalized spacial score (nSPS) is 9.82. The summed E-state index contributed by atoms with van der Waals surface area (Å²) in [4.78, 5) is 0. The molecule has 4 heteroatoms. The monoisotopic (exact) mass is 543 g/mol. The van der Waals surface area contributed by atoms with E-state index in [-0.39, 0.29) is 0 Å². The van der Waals surface area contributed by atoms with Crippen LogP contribution in [-0.2, 0) is 17.0 Å². The molecule has 0 aromatic heterocycles. The van der Waals surface area contributed by atoms with E-state index in [1.807, 2.05) is 0 Å². The SMILES string of the molecule is CC(C)c1c[cH-]c(-c2ccccc2)c1.CC(C)c1c[cH-]c(-c2ccccc2)c1.C[SiH]C.[Cl][Ti][Cl]. The van der Waals surface area contributed by atoms with Gasteiger partial charge < -0.3 is 0 Å². The van der Waals surface area contributed by atoms with Gasteiger partial charge in [-0.3, -0.25) is 0 Å². The topological polar surface area (TPSA) is 0 Å². The van der Waals surface area contributed by atoms with Crippen molar-refractivity contribution in [2.75, 3.05) is 0 Å². The third-order valence-corrected chi connectivity index (χ3v) is 5.10. The van der Waals surface area contributed by atoms with Crippen LogP contribution in [-0.4, -0.2) is 9.52 Å². The molecule has 181 valence electrons. The van der Waals surface area contributed by atoms with Crippen LogP contribution in [0, 0.1) is 0 Å². The zero-order valence-electron chi connectivity index (χ0n) is 21.2. The van der Waals surface area contributed by atoms with Crippen LogP contribution in [0.5, 0.6) is 0 Å². The van der Waals surface area contributed by atoms with Gasteiger partial charge in [0.2, 0.25) is 0 Å². The maximum atomic E-state index is 4.89. The summed E-state index contributed by atoms with van der Waals surface area (Å²) in [5, 5.41) is 0. The minimum atomic E-state index is -0.556. The average molecular weight is 544 g/mol. The van der Waals surface area contributed by atoms with Gasteiger partial charge in [-0.2, -0.15) is 35.4 Å². The summed E-state index contributed by atoms with van der Waals surface area (Å²) >= 11 is -0.556. The van der Waals surface area contributed by atoms with E-state index in [0.717, 1.165) is 9.52 Å².